The van der Waals surface area contributed by atoms with E-state index in [1.807, 2.05) is 36.3 Å². The van der Waals surface area contributed by atoms with Crippen LogP contribution in [0.1, 0.15) is 17.2 Å². The van der Waals surface area contributed by atoms with Crippen LogP contribution in [0.25, 0.3) is 0 Å². The van der Waals surface area contributed by atoms with Gasteiger partial charge < -0.3 is 20.3 Å². The number of halogens is 1. The van der Waals surface area contributed by atoms with Gasteiger partial charge >= 0.3 is 0 Å². The Bertz CT molecular complexity index is 735. The fourth-order valence-corrected chi connectivity index (χ4v) is 3.20. The van der Waals surface area contributed by atoms with Gasteiger partial charge in [0.2, 0.25) is 0 Å². The molecule has 2 aromatic rings. The lowest BCUT2D eigenvalue weighted by molar-refractivity contribution is 0.234. The molecule has 0 aliphatic carbocycles. The molecule has 1 aliphatic heterocycles. The Hall–Kier alpha value is -1.81. The van der Waals surface area contributed by atoms with Crippen molar-refractivity contribution in [2.75, 3.05) is 34.2 Å². The highest BCUT2D eigenvalue weighted by Gasteiger charge is 2.22. The van der Waals surface area contributed by atoms with Crippen molar-refractivity contribution in [1.82, 2.24) is 25.3 Å². The average molecular weight is 484 g/mol. The monoisotopic (exact) mass is 484 g/mol. The highest BCUT2D eigenvalue weighted by molar-refractivity contribution is 14.0. The molecule has 27 heavy (non-hydrogen) atoms. The topological polar surface area (TPSA) is 66.7 Å². The second kappa shape index (κ2) is 9.93. The summed E-state index contributed by atoms with van der Waals surface area (Å²) in [7, 11) is 7.86. The SMILES string of the molecule is CN=C(NCC1Cc2ccccc2O1)NCC(c1cnn(C)c1)N(C)C.I. The number of aryl methyl sites for hydroxylation is 1. The van der Waals surface area contributed by atoms with E-state index >= 15 is 0 Å². The smallest absolute Gasteiger partial charge is 0.191 e. The molecule has 7 nitrogen and oxygen atoms in total. The van der Waals surface area contributed by atoms with Crippen molar-refractivity contribution >= 4 is 29.9 Å². The highest BCUT2D eigenvalue weighted by atomic mass is 127. The quantitative estimate of drug-likeness (QED) is 0.372. The fourth-order valence-electron chi connectivity index (χ4n) is 3.20. The summed E-state index contributed by atoms with van der Waals surface area (Å²) in [4.78, 5) is 6.50. The van der Waals surface area contributed by atoms with Crippen LogP contribution in [0.3, 0.4) is 0 Å². The number of para-hydroxylation sites is 1. The summed E-state index contributed by atoms with van der Waals surface area (Å²) in [5.41, 5.74) is 2.45. The summed E-state index contributed by atoms with van der Waals surface area (Å²) < 4.78 is 7.80. The van der Waals surface area contributed by atoms with Gasteiger partial charge in [-0.2, -0.15) is 5.10 Å². The maximum absolute atomic E-state index is 5.97. The van der Waals surface area contributed by atoms with Crippen molar-refractivity contribution in [3.63, 3.8) is 0 Å². The van der Waals surface area contributed by atoms with Crippen molar-refractivity contribution in [3.8, 4) is 5.75 Å². The Morgan fingerprint density at radius 3 is 2.78 bits per heavy atom. The Kier molecular flexibility index (Phi) is 7.91. The van der Waals surface area contributed by atoms with Crippen LogP contribution in [0, 0.1) is 0 Å². The maximum atomic E-state index is 5.97. The van der Waals surface area contributed by atoms with Gasteiger partial charge in [0.25, 0.3) is 0 Å². The molecular weight excluding hydrogens is 455 g/mol. The molecule has 2 heterocycles. The van der Waals surface area contributed by atoms with Crippen LogP contribution in [0.2, 0.25) is 0 Å². The number of nitrogens with one attached hydrogen (secondary N) is 2. The van der Waals surface area contributed by atoms with E-state index in [4.69, 9.17) is 4.74 Å². The third kappa shape index (κ3) is 5.58. The number of rotatable bonds is 6. The third-order valence-electron chi connectivity index (χ3n) is 4.63. The lowest BCUT2D eigenvalue weighted by Gasteiger charge is -2.25. The van der Waals surface area contributed by atoms with Crippen molar-refractivity contribution in [1.29, 1.82) is 0 Å². The average Bonchev–Trinajstić information content (AvgIpc) is 3.23. The molecule has 1 aliphatic rings. The lowest BCUT2D eigenvalue weighted by atomic mass is 10.1. The molecule has 0 fully saturated rings. The highest BCUT2D eigenvalue weighted by Crippen LogP contribution is 2.27. The molecule has 0 amide bonds. The largest absolute Gasteiger partial charge is 0.488 e. The summed E-state index contributed by atoms with van der Waals surface area (Å²) in [5.74, 6) is 1.77. The molecule has 2 unspecified atom stereocenters. The van der Waals surface area contributed by atoms with E-state index in [1.54, 1.807) is 7.05 Å². The summed E-state index contributed by atoms with van der Waals surface area (Å²) >= 11 is 0. The predicted molar refractivity (Wildman–Crippen MR) is 119 cm³/mol. The van der Waals surface area contributed by atoms with E-state index in [-0.39, 0.29) is 36.1 Å². The van der Waals surface area contributed by atoms with E-state index in [0.29, 0.717) is 6.54 Å². The number of ether oxygens (including phenoxy) is 1. The number of benzene rings is 1. The summed E-state index contributed by atoms with van der Waals surface area (Å²) in [6.07, 6.45) is 5.02. The van der Waals surface area contributed by atoms with E-state index in [0.717, 1.165) is 24.7 Å². The molecule has 148 valence electrons. The first-order chi connectivity index (χ1) is 12.6. The zero-order valence-corrected chi connectivity index (χ0v) is 18.7. The van der Waals surface area contributed by atoms with Gasteiger partial charge in [-0.05, 0) is 25.7 Å². The molecule has 8 heteroatoms. The number of guanidine groups is 1. The van der Waals surface area contributed by atoms with Crippen LogP contribution >= 0.6 is 24.0 Å². The van der Waals surface area contributed by atoms with Crippen LogP contribution in [-0.2, 0) is 13.5 Å². The van der Waals surface area contributed by atoms with Crippen LogP contribution in [0.4, 0.5) is 0 Å². The standard InChI is InChI=1S/C19H28N6O.HI/c1-20-19(21-11-16-9-14-7-5-6-8-18(14)26-16)22-12-17(24(2)3)15-10-23-25(4)13-15;/h5-8,10,13,16-17H,9,11-12H2,1-4H3,(H2,20,21,22);1H. The molecule has 0 spiro atoms. The molecule has 1 aromatic heterocycles. The summed E-state index contributed by atoms with van der Waals surface area (Å²) in [5, 5.41) is 11.1. The number of aromatic nitrogens is 2. The molecule has 1 aromatic carbocycles. The van der Waals surface area contributed by atoms with Gasteiger partial charge in [0, 0.05) is 38.8 Å². The van der Waals surface area contributed by atoms with Crippen molar-refractivity contribution in [2.45, 2.75) is 18.6 Å². The van der Waals surface area contributed by atoms with Crippen molar-refractivity contribution in [3.05, 3.63) is 47.8 Å². The molecule has 0 saturated carbocycles. The number of nitrogens with zero attached hydrogens (tertiary/aromatic N) is 4. The number of aliphatic imine (C=N–C) groups is 1. The second-order valence-electron chi connectivity index (χ2n) is 6.81. The van der Waals surface area contributed by atoms with Crippen molar-refractivity contribution < 1.29 is 4.74 Å². The minimum atomic E-state index is 0. The van der Waals surface area contributed by atoms with Crippen LogP contribution in [0.5, 0.6) is 5.75 Å². The first-order valence-electron chi connectivity index (χ1n) is 8.91. The van der Waals surface area contributed by atoms with Gasteiger partial charge in [-0.3, -0.25) is 9.67 Å². The Morgan fingerprint density at radius 1 is 1.37 bits per heavy atom. The molecule has 2 N–H and O–H groups in total. The van der Waals surface area contributed by atoms with Gasteiger partial charge in [-0.15, -0.1) is 24.0 Å². The first-order valence-corrected chi connectivity index (χ1v) is 8.91. The van der Waals surface area contributed by atoms with E-state index in [9.17, 15) is 0 Å². The fraction of sp³-hybridized carbons (Fsp3) is 0.474. The van der Waals surface area contributed by atoms with Gasteiger partial charge in [-0.25, -0.2) is 0 Å². The van der Waals surface area contributed by atoms with Crippen LogP contribution in [0.15, 0.2) is 41.7 Å². The molecule has 3 rings (SSSR count). The summed E-state index contributed by atoms with van der Waals surface area (Å²) in [6.45, 7) is 1.46. The minimum Gasteiger partial charge on any atom is -0.488 e. The zero-order valence-electron chi connectivity index (χ0n) is 16.3. The third-order valence-corrected chi connectivity index (χ3v) is 4.63. The van der Waals surface area contributed by atoms with Crippen LogP contribution in [-0.4, -0.2) is 61.0 Å². The first kappa shape index (κ1) is 21.5. The van der Waals surface area contributed by atoms with Gasteiger partial charge in [0.15, 0.2) is 5.96 Å². The zero-order chi connectivity index (χ0) is 18.5. The normalized spacial score (nSPS) is 17.1. The van der Waals surface area contributed by atoms with Crippen LogP contribution < -0.4 is 15.4 Å². The molecule has 0 bridgehead atoms. The molecular formula is C19H29IN6O. The Balaban J connectivity index is 0.00000261. The minimum absolute atomic E-state index is 0. The molecule has 0 radical (unpaired) electrons. The molecule has 2 atom stereocenters. The number of hydrogen-bond donors (Lipinski definition) is 2. The molecule has 0 saturated heterocycles. The van der Waals surface area contributed by atoms with E-state index in [2.05, 4.69) is 51.9 Å². The van der Waals surface area contributed by atoms with Crippen molar-refractivity contribution in [2.24, 2.45) is 12.0 Å². The van der Waals surface area contributed by atoms with E-state index in [1.165, 1.54) is 11.1 Å². The predicted octanol–water partition coefficient (Wildman–Crippen LogP) is 1.81. The summed E-state index contributed by atoms with van der Waals surface area (Å²) in [6, 6.07) is 8.43. The van der Waals surface area contributed by atoms with Gasteiger partial charge in [0.1, 0.15) is 11.9 Å². The Labute approximate surface area is 178 Å². The lowest BCUT2D eigenvalue weighted by Crippen LogP contribution is -2.44. The van der Waals surface area contributed by atoms with Gasteiger partial charge in [-0.1, -0.05) is 18.2 Å². The Morgan fingerprint density at radius 2 is 2.15 bits per heavy atom. The maximum Gasteiger partial charge on any atom is 0.191 e. The number of likely N-dealkylation sites (N-methyl/N-ethyl adjacent to an activating group) is 1. The van der Waals surface area contributed by atoms with E-state index < -0.39 is 0 Å². The second-order valence-corrected chi connectivity index (χ2v) is 6.81. The van der Waals surface area contributed by atoms with Gasteiger partial charge in [0.05, 0.1) is 18.8 Å². The number of fused-ring (bicyclic) bond motifs is 1. The number of hydrogen-bond acceptors (Lipinski definition) is 4.